The molecule has 24 heavy (non-hydrogen) atoms. The lowest BCUT2D eigenvalue weighted by Crippen LogP contribution is -2.16. The summed E-state index contributed by atoms with van der Waals surface area (Å²) >= 11 is 0. The molecule has 0 spiro atoms. The van der Waals surface area contributed by atoms with E-state index in [9.17, 15) is 17.2 Å². The highest BCUT2D eigenvalue weighted by molar-refractivity contribution is 7.92. The summed E-state index contributed by atoms with van der Waals surface area (Å²) < 4.78 is 55.6. The van der Waals surface area contributed by atoms with Crippen LogP contribution in [0.5, 0.6) is 0 Å². The molecule has 6 nitrogen and oxygen atoms in total. The highest BCUT2D eigenvalue weighted by atomic mass is 32.2. The van der Waals surface area contributed by atoms with Gasteiger partial charge in [-0.15, -0.1) is 0 Å². The van der Waals surface area contributed by atoms with E-state index >= 15 is 0 Å². The molecule has 0 aliphatic rings. The number of nitrogens with zero attached hydrogens (tertiary/aromatic N) is 3. The summed E-state index contributed by atoms with van der Waals surface area (Å²) in [6, 6.07) is 8.84. The van der Waals surface area contributed by atoms with Gasteiger partial charge < -0.3 is 0 Å². The largest absolute Gasteiger partial charge is 0.279 e. The van der Waals surface area contributed by atoms with Gasteiger partial charge >= 0.3 is 0 Å². The van der Waals surface area contributed by atoms with E-state index in [0.29, 0.717) is 11.6 Å². The van der Waals surface area contributed by atoms with Gasteiger partial charge in [0.05, 0.1) is 12.2 Å². The highest BCUT2D eigenvalue weighted by Crippen LogP contribution is 2.23. The second kappa shape index (κ2) is 6.36. The third kappa shape index (κ3) is 3.40. The second-order valence-electron chi connectivity index (χ2n) is 4.93. The molecule has 0 atom stereocenters. The Morgan fingerprint density at radius 3 is 2.67 bits per heavy atom. The minimum absolute atomic E-state index is 0.247. The number of rotatable bonds is 5. The molecule has 0 unspecified atom stereocenters. The lowest BCUT2D eigenvalue weighted by molar-refractivity contribution is 0.555. The summed E-state index contributed by atoms with van der Waals surface area (Å²) in [5, 5.41) is 3.95. The van der Waals surface area contributed by atoms with Crippen LogP contribution in [0.2, 0.25) is 0 Å². The van der Waals surface area contributed by atoms with Crippen LogP contribution in [0.25, 0.3) is 0 Å². The average Bonchev–Trinajstić information content (AvgIpc) is 3.04. The van der Waals surface area contributed by atoms with Gasteiger partial charge in [-0.1, -0.05) is 18.2 Å². The van der Waals surface area contributed by atoms with Crippen LogP contribution in [0.4, 0.5) is 14.5 Å². The van der Waals surface area contributed by atoms with E-state index < -0.39 is 26.6 Å². The molecule has 1 aromatic heterocycles. The first-order valence-electron chi connectivity index (χ1n) is 6.84. The Morgan fingerprint density at radius 2 is 1.92 bits per heavy atom. The molecular weight excluding hydrogens is 338 g/mol. The topological polar surface area (TPSA) is 76.9 Å². The zero-order valence-corrected chi connectivity index (χ0v) is 13.0. The Morgan fingerprint density at radius 1 is 1.12 bits per heavy atom. The Labute approximate surface area is 136 Å². The Bertz CT molecular complexity index is 959. The SMILES string of the molecule is O=S(=O)(Nc1ccccc1Cn1cncn1)c1cc(F)ccc1F. The first kappa shape index (κ1) is 16.1. The summed E-state index contributed by atoms with van der Waals surface area (Å²) in [4.78, 5) is 3.06. The second-order valence-corrected chi connectivity index (χ2v) is 6.58. The van der Waals surface area contributed by atoms with E-state index in [4.69, 9.17) is 0 Å². The standard InChI is InChI=1S/C15H12F2N4O2S/c16-12-5-6-13(17)15(7-12)24(22,23)20-14-4-2-1-3-11(14)8-21-10-18-9-19-21/h1-7,9-10,20H,8H2. The molecule has 0 amide bonds. The number of nitrogens with one attached hydrogen (secondary N) is 1. The van der Waals surface area contributed by atoms with Gasteiger partial charge in [-0.05, 0) is 29.8 Å². The number of hydrogen-bond donors (Lipinski definition) is 1. The van der Waals surface area contributed by atoms with E-state index in [1.807, 2.05) is 0 Å². The van der Waals surface area contributed by atoms with Gasteiger partial charge in [-0.3, -0.25) is 4.72 Å². The zero-order valence-electron chi connectivity index (χ0n) is 12.2. The van der Waals surface area contributed by atoms with Crippen molar-refractivity contribution in [3.8, 4) is 0 Å². The summed E-state index contributed by atoms with van der Waals surface area (Å²) in [7, 11) is -4.28. The lowest BCUT2D eigenvalue weighted by atomic mass is 10.2. The predicted molar refractivity (Wildman–Crippen MR) is 82.7 cm³/mol. The first-order valence-corrected chi connectivity index (χ1v) is 8.32. The molecule has 3 rings (SSSR count). The van der Waals surface area contributed by atoms with Crippen LogP contribution in [0.15, 0.2) is 60.0 Å². The minimum atomic E-state index is -4.28. The summed E-state index contributed by atoms with van der Waals surface area (Å²) in [6.07, 6.45) is 2.84. The van der Waals surface area contributed by atoms with Gasteiger partial charge in [-0.25, -0.2) is 26.9 Å². The molecule has 1 N–H and O–H groups in total. The number of aromatic nitrogens is 3. The molecule has 0 aliphatic heterocycles. The number of sulfonamides is 1. The van der Waals surface area contributed by atoms with Crippen molar-refractivity contribution in [2.24, 2.45) is 0 Å². The first-order chi connectivity index (χ1) is 11.5. The van der Waals surface area contributed by atoms with Crippen LogP contribution in [-0.4, -0.2) is 23.2 Å². The fourth-order valence-corrected chi connectivity index (χ4v) is 3.32. The van der Waals surface area contributed by atoms with Crippen LogP contribution in [0.3, 0.4) is 0 Å². The monoisotopic (exact) mass is 350 g/mol. The van der Waals surface area contributed by atoms with Gasteiger partial charge in [0.15, 0.2) is 0 Å². The Kier molecular flexibility index (Phi) is 4.26. The third-order valence-electron chi connectivity index (χ3n) is 3.24. The maximum absolute atomic E-state index is 13.8. The normalized spacial score (nSPS) is 11.4. The predicted octanol–water partition coefficient (Wildman–Crippen LogP) is 2.41. The smallest absolute Gasteiger partial charge is 0.264 e. The molecule has 0 saturated heterocycles. The van der Waals surface area contributed by atoms with Gasteiger partial charge in [0.2, 0.25) is 0 Å². The number of hydrogen-bond acceptors (Lipinski definition) is 4. The van der Waals surface area contributed by atoms with E-state index in [2.05, 4.69) is 14.8 Å². The maximum atomic E-state index is 13.8. The molecular formula is C15H12F2N4O2S. The molecule has 124 valence electrons. The van der Waals surface area contributed by atoms with Gasteiger partial charge in [0.1, 0.15) is 29.2 Å². The fourth-order valence-electron chi connectivity index (χ4n) is 2.13. The molecule has 2 aromatic carbocycles. The number of halogens is 2. The summed E-state index contributed by atoms with van der Waals surface area (Å²) in [5.74, 6) is -1.87. The van der Waals surface area contributed by atoms with Crippen molar-refractivity contribution < 1.29 is 17.2 Å². The number of anilines is 1. The van der Waals surface area contributed by atoms with E-state index in [-0.39, 0.29) is 12.2 Å². The zero-order chi connectivity index (χ0) is 17.2. The van der Waals surface area contributed by atoms with Crippen LogP contribution >= 0.6 is 0 Å². The molecule has 0 bridgehead atoms. The molecule has 1 heterocycles. The lowest BCUT2D eigenvalue weighted by Gasteiger charge is -2.13. The van der Waals surface area contributed by atoms with Gasteiger partial charge in [-0.2, -0.15) is 5.10 Å². The molecule has 0 aliphatic carbocycles. The van der Waals surface area contributed by atoms with E-state index in [0.717, 1.165) is 12.1 Å². The van der Waals surface area contributed by atoms with E-state index in [1.165, 1.54) is 23.4 Å². The van der Waals surface area contributed by atoms with Crippen LogP contribution < -0.4 is 4.72 Å². The fraction of sp³-hybridized carbons (Fsp3) is 0.0667. The summed E-state index contributed by atoms with van der Waals surface area (Å²) in [5.41, 5.74) is 0.847. The van der Waals surface area contributed by atoms with Gasteiger partial charge in [0, 0.05) is 0 Å². The number of benzene rings is 2. The number of para-hydroxylation sites is 1. The quantitative estimate of drug-likeness (QED) is 0.767. The van der Waals surface area contributed by atoms with Crippen molar-refractivity contribution in [2.75, 3.05) is 4.72 Å². The molecule has 0 radical (unpaired) electrons. The summed E-state index contributed by atoms with van der Waals surface area (Å²) in [6.45, 7) is 0.268. The average molecular weight is 350 g/mol. The van der Waals surface area contributed by atoms with Crippen LogP contribution in [0.1, 0.15) is 5.56 Å². The molecule has 0 saturated carbocycles. The van der Waals surface area contributed by atoms with Crippen LogP contribution in [-0.2, 0) is 16.6 Å². The van der Waals surface area contributed by atoms with Crippen molar-refractivity contribution >= 4 is 15.7 Å². The van der Waals surface area contributed by atoms with Gasteiger partial charge in [0.25, 0.3) is 10.0 Å². The molecule has 9 heteroatoms. The van der Waals surface area contributed by atoms with Crippen LogP contribution in [0, 0.1) is 11.6 Å². The highest BCUT2D eigenvalue weighted by Gasteiger charge is 2.21. The van der Waals surface area contributed by atoms with Crippen molar-refractivity contribution in [2.45, 2.75) is 11.4 Å². The van der Waals surface area contributed by atoms with Crippen molar-refractivity contribution in [3.63, 3.8) is 0 Å². The Balaban J connectivity index is 1.94. The molecule has 3 aromatic rings. The molecule has 0 fully saturated rings. The van der Waals surface area contributed by atoms with Crippen molar-refractivity contribution in [1.82, 2.24) is 14.8 Å². The van der Waals surface area contributed by atoms with Crippen molar-refractivity contribution in [1.29, 1.82) is 0 Å². The Hall–Kier alpha value is -2.81. The van der Waals surface area contributed by atoms with E-state index in [1.54, 1.807) is 18.2 Å². The third-order valence-corrected chi connectivity index (χ3v) is 4.62. The minimum Gasteiger partial charge on any atom is -0.279 e. The maximum Gasteiger partial charge on any atom is 0.264 e. The van der Waals surface area contributed by atoms with Crippen molar-refractivity contribution in [3.05, 3.63) is 72.3 Å².